The molecule has 32 heavy (non-hydrogen) atoms. The molecule has 1 aromatic carbocycles. The molecule has 1 atom stereocenters. The number of hydrogen-bond acceptors (Lipinski definition) is 3. The third-order valence-electron chi connectivity index (χ3n) is 7.00. The minimum absolute atomic E-state index is 0. The number of nitrogens with zero attached hydrogens (tertiary/aromatic N) is 3. The van der Waals surface area contributed by atoms with E-state index in [-0.39, 0.29) is 35.3 Å². The van der Waals surface area contributed by atoms with E-state index in [1.807, 2.05) is 14.1 Å². The van der Waals surface area contributed by atoms with Crippen molar-refractivity contribution in [3.05, 3.63) is 35.9 Å². The van der Waals surface area contributed by atoms with Crippen LogP contribution in [-0.4, -0.2) is 68.0 Å². The van der Waals surface area contributed by atoms with E-state index in [9.17, 15) is 4.79 Å². The molecule has 2 N–H and O–H groups in total. The number of guanidine groups is 1. The molecule has 1 heterocycles. The number of amides is 1. The van der Waals surface area contributed by atoms with Gasteiger partial charge in [0, 0.05) is 45.8 Å². The molecule has 1 aliphatic heterocycles. The summed E-state index contributed by atoms with van der Waals surface area (Å²) in [4.78, 5) is 22.1. The predicted octanol–water partition coefficient (Wildman–Crippen LogP) is 4.03. The molecule has 2 fully saturated rings. The van der Waals surface area contributed by atoms with E-state index in [0.717, 1.165) is 64.1 Å². The number of nitrogens with one attached hydrogen (secondary N) is 2. The van der Waals surface area contributed by atoms with Crippen molar-refractivity contribution in [2.24, 2.45) is 10.4 Å². The molecule has 0 aromatic heterocycles. The highest BCUT2D eigenvalue weighted by atomic mass is 127. The van der Waals surface area contributed by atoms with Crippen LogP contribution in [0.15, 0.2) is 35.3 Å². The van der Waals surface area contributed by atoms with Crippen LogP contribution < -0.4 is 10.6 Å². The highest BCUT2D eigenvalue weighted by molar-refractivity contribution is 14.0. The van der Waals surface area contributed by atoms with Crippen molar-refractivity contribution in [3.63, 3.8) is 0 Å². The summed E-state index contributed by atoms with van der Waals surface area (Å²) in [7, 11) is 3.72. The van der Waals surface area contributed by atoms with E-state index in [4.69, 9.17) is 4.99 Å². The molecule has 1 saturated heterocycles. The van der Waals surface area contributed by atoms with Gasteiger partial charge < -0.3 is 15.5 Å². The van der Waals surface area contributed by atoms with Crippen molar-refractivity contribution in [1.82, 2.24) is 20.4 Å². The first kappa shape index (κ1) is 26.9. The first-order valence-corrected chi connectivity index (χ1v) is 12.0. The third-order valence-corrected chi connectivity index (χ3v) is 7.00. The fourth-order valence-electron chi connectivity index (χ4n) is 5.08. The molecule has 7 heteroatoms. The van der Waals surface area contributed by atoms with Crippen LogP contribution in [0.4, 0.5) is 0 Å². The highest BCUT2D eigenvalue weighted by Crippen LogP contribution is 2.39. The maximum absolute atomic E-state index is 12.9. The van der Waals surface area contributed by atoms with Gasteiger partial charge in [0.15, 0.2) is 5.96 Å². The molecule has 0 radical (unpaired) electrons. The van der Waals surface area contributed by atoms with Gasteiger partial charge >= 0.3 is 0 Å². The summed E-state index contributed by atoms with van der Waals surface area (Å²) >= 11 is 0. The van der Waals surface area contributed by atoms with Crippen LogP contribution >= 0.6 is 24.0 Å². The molecule has 1 unspecified atom stereocenters. The standard InChI is InChI=1S/C25H41N5O.HI/c1-5-26-24(27-19-25(15-9-10-16-25)23(31)29(3)4)28-22-13-17-30(18-14-22)20(2)21-11-7-6-8-12-21;/h6-8,11-12,20,22H,5,9-10,13-19H2,1-4H3,(H2,26,27,28);1H. The molecule has 180 valence electrons. The number of aliphatic imine (C=N–C) groups is 1. The number of likely N-dealkylation sites (tertiary alicyclic amines) is 1. The quantitative estimate of drug-likeness (QED) is 0.303. The average Bonchev–Trinajstić information content (AvgIpc) is 3.28. The van der Waals surface area contributed by atoms with Crippen LogP contribution in [0.3, 0.4) is 0 Å². The van der Waals surface area contributed by atoms with Gasteiger partial charge in [-0.2, -0.15) is 0 Å². The zero-order valence-corrected chi connectivity index (χ0v) is 22.6. The van der Waals surface area contributed by atoms with Gasteiger partial charge in [-0.1, -0.05) is 43.2 Å². The first-order valence-electron chi connectivity index (χ1n) is 12.0. The Kier molecular flexibility index (Phi) is 10.7. The summed E-state index contributed by atoms with van der Waals surface area (Å²) in [6.07, 6.45) is 6.34. The van der Waals surface area contributed by atoms with Crippen LogP contribution in [0.25, 0.3) is 0 Å². The van der Waals surface area contributed by atoms with E-state index in [2.05, 4.69) is 59.7 Å². The summed E-state index contributed by atoms with van der Waals surface area (Å²) in [5.74, 6) is 1.09. The van der Waals surface area contributed by atoms with Crippen LogP contribution in [0.1, 0.15) is 64.0 Å². The number of hydrogen-bond donors (Lipinski definition) is 2. The van der Waals surface area contributed by atoms with Gasteiger partial charge in [0.2, 0.25) is 5.91 Å². The van der Waals surface area contributed by atoms with Crippen molar-refractivity contribution in [1.29, 1.82) is 0 Å². The molecule has 1 amide bonds. The second-order valence-electron chi connectivity index (χ2n) is 9.42. The average molecular weight is 556 g/mol. The number of carbonyl (C=O) groups is 1. The zero-order valence-electron chi connectivity index (χ0n) is 20.3. The van der Waals surface area contributed by atoms with Gasteiger partial charge in [-0.05, 0) is 45.1 Å². The predicted molar refractivity (Wildman–Crippen MR) is 144 cm³/mol. The molecule has 1 saturated carbocycles. The lowest BCUT2D eigenvalue weighted by Gasteiger charge is -2.37. The van der Waals surface area contributed by atoms with Crippen molar-refractivity contribution in [2.45, 2.75) is 64.5 Å². The van der Waals surface area contributed by atoms with Crippen LogP contribution in [0, 0.1) is 5.41 Å². The highest BCUT2D eigenvalue weighted by Gasteiger charge is 2.42. The Labute approximate surface area is 211 Å². The van der Waals surface area contributed by atoms with Gasteiger partial charge in [-0.15, -0.1) is 24.0 Å². The van der Waals surface area contributed by atoms with Gasteiger partial charge in [-0.3, -0.25) is 14.7 Å². The van der Waals surface area contributed by atoms with E-state index in [1.54, 1.807) is 4.90 Å². The van der Waals surface area contributed by atoms with Crippen LogP contribution in [0.2, 0.25) is 0 Å². The minimum atomic E-state index is -0.319. The molecule has 0 spiro atoms. The number of benzene rings is 1. The SMILES string of the molecule is CCNC(=NCC1(C(=O)N(C)C)CCCC1)NC1CCN(C(C)c2ccccc2)CC1.I. The molecular formula is C25H42IN5O. The summed E-state index contributed by atoms with van der Waals surface area (Å²) in [6, 6.07) is 11.6. The molecule has 1 aliphatic carbocycles. The van der Waals surface area contributed by atoms with Crippen LogP contribution in [0.5, 0.6) is 0 Å². The molecular weight excluding hydrogens is 513 g/mol. The lowest BCUT2D eigenvalue weighted by Crippen LogP contribution is -2.49. The third kappa shape index (κ3) is 6.83. The van der Waals surface area contributed by atoms with Gasteiger partial charge in [0.05, 0.1) is 12.0 Å². The Balaban J connectivity index is 0.00000363. The Morgan fingerprint density at radius 1 is 1.19 bits per heavy atom. The monoisotopic (exact) mass is 555 g/mol. The fourth-order valence-corrected chi connectivity index (χ4v) is 5.08. The smallest absolute Gasteiger partial charge is 0.230 e. The topological polar surface area (TPSA) is 60.0 Å². The number of carbonyl (C=O) groups excluding carboxylic acids is 1. The summed E-state index contributed by atoms with van der Waals surface area (Å²) in [5, 5.41) is 7.05. The second kappa shape index (κ2) is 12.8. The van der Waals surface area contributed by atoms with E-state index in [1.165, 1.54) is 5.56 Å². The lowest BCUT2D eigenvalue weighted by molar-refractivity contribution is -0.138. The Morgan fingerprint density at radius 2 is 1.81 bits per heavy atom. The number of halogens is 1. The molecule has 6 nitrogen and oxygen atoms in total. The van der Waals surface area contributed by atoms with Crippen molar-refractivity contribution in [2.75, 3.05) is 40.3 Å². The number of rotatable bonds is 7. The van der Waals surface area contributed by atoms with E-state index >= 15 is 0 Å². The maximum Gasteiger partial charge on any atom is 0.230 e. The van der Waals surface area contributed by atoms with Gasteiger partial charge in [-0.25, -0.2) is 0 Å². The molecule has 2 aliphatic rings. The summed E-state index contributed by atoms with van der Waals surface area (Å²) in [5.41, 5.74) is 1.07. The maximum atomic E-state index is 12.9. The Hall–Kier alpha value is -1.35. The fraction of sp³-hybridized carbons (Fsp3) is 0.680. The van der Waals surface area contributed by atoms with E-state index in [0.29, 0.717) is 18.6 Å². The van der Waals surface area contributed by atoms with Crippen molar-refractivity contribution >= 4 is 35.8 Å². The lowest BCUT2D eigenvalue weighted by atomic mass is 9.85. The Morgan fingerprint density at radius 3 is 2.38 bits per heavy atom. The van der Waals surface area contributed by atoms with Crippen molar-refractivity contribution < 1.29 is 4.79 Å². The zero-order chi connectivity index (χ0) is 22.3. The Bertz CT molecular complexity index is 725. The van der Waals surface area contributed by atoms with Crippen molar-refractivity contribution in [3.8, 4) is 0 Å². The largest absolute Gasteiger partial charge is 0.357 e. The van der Waals surface area contributed by atoms with Gasteiger partial charge in [0.1, 0.15) is 0 Å². The second-order valence-corrected chi connectivity index (χ2v) is 9.42. The number of piperidine rings is 1. The molecule has 0 bridgehead atoms. The normalized spacial score (nSPS) is 20.3. The molecule has 1 aromatic rings. The summed E-state index contributed by atoms with van der Waals surface area (Å²) < 4.78 is 0. The van der Waals surface area contributed by atoms with E-state index < -0.39 is 0 Å². The van der Waals surface area contributed by atoms with Gasteiger partial charge in [0.25, 0.3) is 0 Å². The minimum Gasteiger partial charge on any atom is -0.357 e. The summed E-state index contributed by atoms with van der Waals surface area (Å²) in [6.45, 7) is 7.95. The molecule has 3 rings (SSSR count). The first-order chi connectivity index (χ1) is 14.9. The van der Waals surface area contributed by atoms with Crippen LogP contribution in [-0.2, 0) is 4.79 Å².